The van der Waals surface area contributed by atoms with Crippen molar-refractivity contribution in [3.05, 3.63) is 53.7 Å². The molecule has 0 atom stereocenters. The van der Waals surface area contributed by atoms with Crippen molar-refractivity contribution in [1.29, 1.82) is 0 Å². The van der Waals surface area contributed by atoms with Gasteiger partial charge in [-0.1, -0.05) is 57.9 Å². The van der Waals surface area contributed by atoms with Crippen molar-refractivity contribution >= 4 is 11.7 Å². The summed E-state index contributed by atoms with van der Waals surface area (Å²) in [5.41, 5.74) is 2.85. The molecule has 2 rings (SSSR count). The summed E-state index contributed by atoms with van der Waals surface area (Å²) in [5.74, 6) is 0.253. The second kappa shape index (κ2) is 13.8. The third kappa shape index (κ3) is 10.2. The summed E-state index contributed by atoms with van der Waals surface area (Å²) in [7, 11) is 0. The standard InChI is InChI=1S/C26H39N3O3/c1-26(2,3)22-14-12-21(13-15-22)20-27-16-8-9-17-28-24(31)11-7-5-4-6-10-23(30)25-29-18-19-32-25/h12-15,18-19,27H,4-11,16-17,20H2,1-3H3,(H,28,31). The van der Waals surface area contributed by atoms with Crippen LogP contribution in [0.2, 0.25) is 0 Å². The summed E-state index contributed by atoms with van der Waals surface area (Å²) < 4.78 is 4.99. The molecule has 0 saturated carbocycles. The van der Waals surface area contributed by atoms with Gasteiger partial charge >= 0.3 is 0 Å². The summed E-state index contributed by atoms with van der Waals surface area (Å²) in [6, 6.07) is 8.82. The van der Waals surface area contributed by atoms with Gasteiger partial charge in [0.1, 0.15) is 6.26 Å². The quantitative estimate of drug-likeness (QED) is 0.294. The van der Waals surface area contributed by atoms with Crippen molar-refractivity contribution in [2.75, 3.05) is 13.1 Å². The maximum atomic E-state index is 11.9. The van der Waals surface area contributed by atoms with E-state index < -0.39 is 0 Å². The summed E-state index contributed by atoms with van der Waals surface area (Å²) in [6.45, 7) is 9.23. The van der Waals surface area contributed by atoms with E-state index in [1.54, 1.807) is 0 Å². The molecule has 0 aliphatic carbocycles. The number of amides is 1. The Morgan fingerprint density at radius 3 is 2.25 bits per heavy atom. The van der Waals surface area contributed by atoms with E-state index in [1.807, 2.05) is 0 Å². The smallest absolute Gasteiger partial charge is 0.263 e. The summed E-state index contributed by atoms with van der Waals surface area (Å²) >= 11 is 0. The van der Waals surface area contributed by atoms with Crippen LogP contribution in [-0.2, 0) is 16.8 Å². The molecule has 1 amide bonds. The van der Waals surface area contributed by atoms with Crippen LogP contribution in [0.5, 0.6) is 0 Å². The number of hydrogen-bond acceptors (Lipinski definition) is 5. The molecule has 6 nitrogen and oxygen atoms in total. The Labute approximate surface area is 192 Å². The van der Waals surface area contributed by atoms with Crippen LogP contribution in [0.3, 0.4) is 0 Å². The van der Waals surface area contributed by atoms with Gasteiger partial charge in [-0.25, -0.2) is 4.98 Å². The van der Waals surface area contributed by atoms with Crippen LogP contribution < -0.4 is 10.6 Å². The van der Waals surface area contributed by atoms with Gasteiger partial charge in [0, 0.05) is 25.9 Å². The lowest BCUT2D eigenvalue weighted by atomic mass is 9.87. The molecule has 0 unspecified atom stereocenters. The van der Waals surface area contributed by atoms with Crippen molar-refractivity contribution in [2.24, 2.45) is 0 Å². The van der Waals surface area contributed by atoms with Crippen LogP contribution in [0.4, 0.5) is 0 Å². The van der Waals surface area contributed by atoms with Gasteiger partial charge in [-0.2, -0.15) is 0 Å². The molecule has 0 aliphatic heterocycles. The van der Waals surface area contributed by atoms with Gasteiger partial charge < -0.3 is 15.1 Å². The van der Waals surface area contributed by atoms with Crippen LogP contribution >= 0.6 is 0 Å². The minimum atomic E-state index is -0.0549. The first kappa shape index (κ1) is 25.8. The first-order valence-electron chi connectivity index (χ1n) is 11.9. The number of ketones is 1. The Morgan fingerprint density at radius 2 is 1.59 bits per heavy atom. The average molecular weight is 442 g/mol. The topological polar surface area (TPSA) is 84.2 Å². The van der Waals surface area contributed by atoms with E-state index in [-0.39, 0.29) is 23.0 Å². The van der Waals surface area contributed by atoms with Gasteiger partial charge in [0.15, 0.2) is 0 Å². The normalized spacial score (nSPS) is 11.5. The lowest BCUT2D eigenvalue weighted by Gasteiger charge is -2.19. The Balaban J connectivity index is 1.40. The molecule has 1 heterocycles. The van der Waals surface area contributed by atoms with E-state index in [0.717, 1.165) is 58.2 Å². The van der Waals surface area contributed by atoms with Crippen LogP contribution in [0.1, 0.15) is 93.9 Å². The number of oxazole rings is 1. The molecule has 2 aromatic rings. The molecule has 0 radical (unpaired) electrons. The zero-order valence-corrected chi connectivity index (χ0v) is 19.9. The monoisotopic (exact) mass is 441 g/mol. The van der Waals surface area contributed by atoms with E-state index in [9.17, 15) is 9.59 Å². The van der Waals surface area contributed by atoms with Gasteiger partial charge in [-0.3, -0.25) is 9.59 Å². The molecule has 176 valence electrons. The molecular weight excluding hydrogens is 402 g/mol. The Bertz CT molecular complexity index is 793. The number of nitrogens with zero attached hydrogens (tertiary/aromatic N) is 1. The lowest BCUT2D eigenvalue weighted by molar-refractivity contribution is -0.121. The van der Waals surface area contributed by atoms with E-state index >= 15 is 0 Å². The number of unbranched alkanes of at least 4 members (excludes halogenated alkanes) is 4. The van der Waals surface area contributed by atoms with Gasteiger partial charge in [-0.05, 0) is 48.8 Å². The molecule has 32 heavy (non-hydrogen) atoms. The number of benzene rings is 1. The van der Waals surface area contributed by atoms with Gasteiger partial charge in [0.2, 0.25) is 11.7 Å². The Hall–Kier alpha value is -2.47. The predicted octanol–water partition coefficient (Wildman–Crippen LogP) is 5.18. The number of carbonyl (C=O) groups is 2. The first-order valence-corrected chi connectivity index (χ1v) is 11.9. The Kier molecular flexibility index (Phi) is 11.2. The largest absolute Gasteiger partial charge is 0.442 e. The number of hydrogen-bond donors (Lipinski definition) is 2. The highest BCUT2D eigenvalue weighted by Gasteiger charge is 2.12. The van der Waals surface area contributed by atoms with Crippen molar-refractivity contribution in [2.45, 2.75) is 84.1 Å². The predicted molar refractivity (Wildman–Crippen MR) is 128 cm³/mol. The van der Waals surface area contributed by atoms with Gasteiger partial charge in [-0.15, -0.1) is 0 Å². The first-order chi connectivity index (χ1) is 15.4. The second-order valence-corrected chi connectivity index (χ2v) is 9.36. The van der Waals surface area contributed by atoms with E-state index in [2.05, 4.69) is 60.7 Å². The number of rotatable bonds is 15. The fraction of sp³-hybridized carbons (Fsp3) is 0.577. The van der Waals surface area contributed by atoms with Crippen LogP contribution in [-0.4, -0.2) is 29.8 Å². The van der Waals surface area contributed by atoms with Crippen LogP contribution in [0.15, 0.2) is 41.1 Å². The Morgan fingerprint density at radius 1 is 0.906 bits per heavy atom. The molecule has 6 heteroatoms. The summed E-state index contributed by atoms with van der Waals surface area (Å²) in [4.78, 5) is 27.5. The van der Waals surface area contributed by atoms with E-state index in [1.165, 1.54) is 23.6 Å². The molecule has 0 spiro atoms. The van der Waals surface area contributed by atoms with E-state index in [0.29, 0.717) is 12.8 Å². The summed E-state index contributed by atoms with van der Waals surface area (Å²) in [5, 5.41) is 6.47. The highest BCUT2D eigenvalue weighted by molar-refractivity contribution is 5.91. The van der Waals surface area contributed by atoms with Crippen molar-refractivity contribution in [1.82, 2.24) is 15.6 Å². The minimum Gasteiger partial charge on any atom is -0.442 e. The molecule has 0 saturated heterocycles. The molecule has 0 bridgehead atoms. The SMILES string of the molecule is CC(C)(C)c1ccc(CNCCCCNC(=O)CCCCCCC(=O)c2ncco2)cc1. The summed E-state index contributed by atoms with van der Waals surface area (Å²) in [6.07, 6.45) is 9.45. The zero-order chi connectivity index (χ0) is 23.2. The average Bonchev–Trinajstić information content (AvgIpc) is 3.30. The maximum Gasteiger partial charge on any atom is 0.263 e. The fourth-order valence-electron chi connectivity index (χ4n) is 3.44. The van der Waals surface area contributed by atoms with Crippen molar-refractivity contribution in [3.8, 4) is 0 Å². The molecule has 1 aromatic heterocycles. The molecule has 0 fully saturated rings. The van der Waals surface area contributed by atoms with Crippen LogP contribution in [0.25, 0.3) is 0 Å². The number of aromatic nitrogens is 1. The number of carbonyl (C=O) groups excluding carboxylic acids is 2. The van der Waals surface area contributed by atoms with Crippen LogP contribution in [0, 0.1) is 0 Å². The highest BCUT2D eigenvalue weighted by atomic mass is 16.3. The van der Waals surface area contributed by atoms with Crippen molar-refractivity contribution in [3.63, 3.8) is 0 Å². The minimum absolute atomic E-state index is 0.0549. The molecule has 0 aliphatic rings. The third-order valence-electron chi connectivity index (χ3n) is 5.48. The third-order valence-corrected chi connectivity index (χ3v) is 5.48. The lowest BCUT2D eigenvalue weighted by Crippen LogP contribution is -2.25. The maximum absolute atomic E-state index is 11.9. The molecule has 1 aromatic carbocycles. The molecular formula is C26H39N3O3. The van der Waals surface area contributed by atoms with E-state index in [4.69, 9.17) is 4.42 Å². The molecule has 2 N–H and O–H groups in total. The number of Topliss-reactive ketones (excluding diaryl/α,β-unsaturated/α-hetero) is 1. The number of nitrogens with one attached hydrogen (secondary N) is 2. The highest BCUT2D eigenvalue weighted by Crippen LogP contribution is 2.22. The second-order valence-electron chi connectivity index (χ2n) is 9.36. The fourth-order valence-corrected chi connectivity index (χ4v) is 3.44. The van der Waals surface area contributed by atoms with Gasteiger partial charge in [0.25, 0.3) is 5.89 Å². The van der Waals surface area contributed by atoms with Gasteiger partial charge in [0.05, 0.1) is 6.20 Å². The van der Waals surface area contributed by atoms with Crippen molar-refractivity contribution < 1.29 is 14.0 Å². The zero-order valence-electron chi connectivity index (χ0n) is 19.9.